The van der Waals surface area contributed by atoms with Crippen LogP contribution in [0.2, 0.25) is 5.02 Å². The average Bonchev–Trinajstić information content (AvgIpc) is 2.70. The molecule has 2 aromatic rings. The molecule has 0 radical (unpaired) electrons. The normalized spacial score (nSPS) is 10.3. The minimum absolute atomic E-state index is 0.298. The third-order valence-corrected chi connectivity index (χ3v) is 2.42. The minimum Gasteiger partial charge on any atom is -0.296 e. The summed E-state index contributed by atoms with van der Waals surface area (Å²) in [4.78, 5) is 11.8. The third-order valence-electron chi connectivity index (χ3n) is 2.02. The van der Waals surface area contributed by atoms with Gasteiger partial charge in [0.1, 0.15) is 5.69 Å². The molecule has 0 atom stereocenters. The molecule has 4 nitrogen and oxygen atoms in total. The van der Waals surface area contributed by atoms with Crippen molar-refractivity contribution in [3.05, 3.63) is 40.7 Å². The van der Waals surface area contributed by atoms with Gasteiger partial charge in [0, 0.05) is 5.02 Å². The summed E-state index contributed by atoms with van der Waals surface area (Å²) in [6.07, 6.45) is 2.06. The molecule has 0 unspecified atom stereocenters. The summed E-state index contributed by atoms with van der Waals surface area (Å²) in [5.41, 5.74) is 2.02. The lowest BCUT2D eigenvalue weighted by atomic mass is 10.2. The summed E-state index contributed by atoms with van der Waals surface area (Å²) >= 11 is 5.97. The van der Waals surface area contributed by atoms with Gasteiger partial charge in [0.25, 0.3) is 0 Å². The Kier molecular flexibility index (Phi) is 2.51. The molecule has 0 aliphatic carbocycles. The van der Waals surface area contributed by atoms with Crippen molar-refractivity contribution in [1.82, 2.24) is 15.0 Å². The lowest BCUT2D eigenvalue weighted by Gasteiger charge is -2.01. The van der Waals surface area contributed by atoms with Crippen LogP contribution >= 0.6 is 11.6 Å². The summed E-state index contributed by atoms with van der Waals surface area (Å²) in [6, 6.07) is 5.48. The molecular weight excluding hydrogens is 214 g/mol. The summed E-state index contributed by atoms with van der Waals surface area (Å²) in [6.45, 7) is 1.92. The Balaban J connectivity index is 2.44. The second-order valence-electron chi connectivity index (χ2n) is 3.11. The predicted octanol–water partition coefficient (Wildman–Crippen LogP) is 2.04. The Morgan fingerprint density at radius 3 is 2.87 bits per heavy atom. The van der Waals surface area contributed by atoms with Crippen molar-refractivity contribution in [1.29, 1.82) is 0 Å². The Bertz CT molecular complexity index is 507. The van der Waals surface area contributed by atoms with E-state index in [4.69, 9.17) is 11.6 Å². The van der Waals surface area contributed by atoms with E-state index in [2.05, 4.69) is 10.2 Å². The van der Waals surface area contributed by atoms with Crippen LogP contribution in [0, 0.1) is 6.92 Å². The van der Waals surface area contributed by atoms with Crippen LogP contribution in [0.4, 0.5) is 0 Å². The third kappa shape index (κ3) is 1.89. The van der Waals surface area contributed by atoms with Gasteiger partial charge in [0.15, 0.2) is 6.29 Å². The minimum atomic E-state index is 0.298. The van der Waals surface area contributed by atoms with Gasteiger partial charge < -0.3 is 0 Å². The molecule has 0 aliphatic heterocycles. The standard InChI is InChI=1S/C10H8ClN3O/c1-7-2-3-9(4-10(7)11)14-12-5-8(6-15)13-14/h2-6H,1H3. The number of aromatic nitrogens is 3. The fourth-order valence-electron chi connectivity index (χ4n) is 1.16. The van der Waals surface area contributed by atoms with Crippen molar-refractivity contribution >= 4 is 17.9 Å². The molecule has 0 amide bonds. The maximum atomic E-state index is 10.4. The smallest absolute Gasteiger partial charge is 0.171 e. The number of carbonyl (C=O) groups excluding carboxylic acids is 1. The van der Waals surface area contributed by atoms with E-state index in [0.29, 0.717) is 17.0 Å². The highest BCUT2D eigenvalue weighted by molar-refractivity contribution is 6.31. The molecule has 2 rings (SSSR count). The van der Waals surface area contributed by atoms with E-state index in [1.54, 1.807) is 6.07 Å². The monoisotopic (exact) mass is 221 g/mol. The quantitative estimate of drug-likeness (QED) is 0.730. The van der Waals surface area contributed by atoms with E-state index in [-0.39, 0.29) is 0 Å². The number of hydrogen-bond donors (Lipinski definition) is 0. The van der Waals surface area contributed by atoms with Crippen molar-refractivity contribution in [2.45, 2.75) is 6.92 Å². The van der Waals surface area contributed by atoms with Crippen LogP contribution in [0.3, 0.4) is 0 Å². The zero-order valence-corrected chi connectivity index (χ0v) is 8.77. The van der Waals surface area contributed by atoms with Gasteiger partial charge >= 0.3 is 0 Å². The van der Waals surface area contributed by atoms with Gasteiger partial charge in [-0.3, -0.25) is 4.79 Å². The van der Waals surface area contributed by atoms with Crippen LogP contribution in [-0.2, 0) is 0 Å². The predicted molar refractivity (Wildman–Crippen MR) is 56.5 cm³/mol. The van der Waals surface area contributed by atoms with E-state index < -0.39 is 0 Å². The molecule has 0 aliphatic rings. The van der Waals surface area contributed by atoms with Crippen LogP contribution < -0.4 is 0 Å². The van der Waals surface area contributed by atoms with Crippen LogP contribution in [-0.4, -0.2) is 21.3 Å². The van der Waals surface area contributed by atoms with Gasteiger partial charge in [0.2, 0.25) is 0 Å². The first-order chi connectivity index (χ1) is 7.20. The Morgan fingerprint density at radius 2 is 2.27 bits per heavy atom. The fourth-order valence-corrected chi connectivity index (χ4v) is 1.33. The molecule has 0 saturated heterocycles. The van der Waals surface area contributed by atoms with E-state index in [9.17, 15) is 4.79 Å². The molecule has 1 aromatic carbocycles. The lowest BCUT2D eigenvalue weighted by Crippen LogP contribution is -1.99. The number of aldehydes is 1. The first kappa shape index (κ1) is 9.86. The maximum Gasteiger partial charge on any atom is 0.171 e. The van der Waals surface area contributed by atoms with E-state index in [1.807, 2.05) is 19.1 Å². The molecule has 1 heterocycles. The van der Waals surface area contributed by atoms with Crippen molar-refractivity contribution in [2.75, 3.05) is 0 Å². The molecule has 76 valence electrons. The van der Waals surface area contributed by atoms with Gasteiger partial charge in [-0.2, -0.15) is 9.90 Å². The molecule has 0 saturated carbocycles. The van der Waals surface area contributed by atoms with Crippen molar-refractivity contribution in [2.24, 2.45) is 0 Å². The highest BCUT2D eigenvalue weighted by Crippen LogP contribution is 2.18. The molecule has 1 aromatic heterocycles. The second kappa shape index (κ2) is 3.82. The first-order valence-corrected chi connectivity index (χ1v) is 4.72. The van der Waals surface area contributed by atoms with Crippen molar-refractivity contribution < 1.29 is 4.79 Å². The lowest BCUT2D eigenvalue weighted by molar-refractivity contribution is 0.111. The number of carbonyl (C=O) groups is 1. The Morgan fingerprint density at radius 1 is 1.47 bits per heavy atom. The number of benzene rings is 1. The second-order valence-corrected chi connectivity index (χ2v) is 3.52. The number of nitrogens with zero attached hydrogens (tertiary/aromatic N) is 3. The summed E-state index contributed by atoms with van der Waals surface area (Å²) in [5, 5.41) is 8.54. The summed E-state index contributed by atoms with van der Waals surface area (Å²) in [5.74, 6) is 0. The molecule has 0 fully saturated rings. The molecule has 15 heavy (non-hydrogen) atoms. The summed E-state index contributed by atoms with van der Waals surface area (Å²) < 4.78 is 0. The highest BCUT2D eigenvalue weighted by Gasteiger charge is 2.03. The van der Waals surface area contributed by atoms with Crippen molar-refractivity contribution in [3.63, 3.8) is 0 Å². The molecule has 0 bridgehead atoms. The Labute approximate surface area is 91.5 Å². The van der Waals surface area contributed by atoms with E-state index in [0.717, 1.165) is 11.3 Å². The highest BCUT2D eigenvalue weighted by atomic mass is 35.5. The molecular formula is C10H8ClN3O. The Hall–Kier alpha value is -1.68. The van der Waals surface area contributed by atoms with Gasteiger partial charge in [0.05, 0.1) is 11.9 Å². The fraction of sp³-hybridized carbons (Fsp3) is 0.100. The van der Waals surface area contributed by atoms with Crippen LogP contribution in [0.5, 0.6) is 0 Å². The maximum absolute atomic E-state index is 10.4. The van der Waals surface area contributed by atoms with Gasteiger partial charge in [-0.1, -0.05) is 17.7 Å². The zero-order valence-electron chi connectivity index (χ0n) is 8.01. The van der Waals surface area contributed by atoms with E-state index >= 15 is 0 Å². The molecule has 5 heteroatoms. The largest absolute Gasteiger partial charge is 0.296 e. The van der Waals surface area contributed by atoms with Gasteiger partial charge in [-0.25, -0.2) is 0 Å². The molecule has 0 N–H and O–H groups in total. The van der Waals surface area contributed by atoms with Crippen LogP contribution in [0.1, 0.15) is 16.1 Å². The number of hydrogen-bond acceptors (Lipinski definition) is 3. The van der Waals surface area contributed by atoms with Crippen LogP contribution in [0.25, 0.3) is 5.69 Å². The average molecular weight is 222 g/mol. The number of rotatable bonds is 2. The zero-order chi connectivity index (χ0) is 10.8. The number of halogens is 1. The van der Waals surface area contributed by atoms with Crippen molar-refractivity contribution in [3.8, 4) is 5.69 Å². The van der Waals surface area contributed by atoms with Crippen LogP contribution in [0.15, 0.2) is 24.4 Å². The van der Waals surface area contributed by atoms with E-state index in [1.165, 1.54) is 11.0 Å². The molecule has 0 spiro atoms. The topological polar surface area (TPSA) is 47.8 Å². The summed E-state index contributed by atoms with van der Waals surface area (Å²) in [7, 11) is 0. The van der Waals surface area contributed by atoms with Gasteiger partial charge in [-0.05, 0) is 24.6 Å². The SMILES string of the molecule is Cc1ccc(-n2ncc(C=O)n2)cc1Cl. The van der Waals surface area contributed by atoms with Gasteiger partial charge in [-0.15, -0.1) is 5.10 Å². The number of aryl methyl sites for hydroxylation is 1. The first-order valence-electron chi connectivity index (χ1n) is 4.35.